The predicted molar refractivity (Wildman–Crippen MR) is 99.8 cm³/mol. The fraction of sp³-hybridized carbons (Fsp3) is 0.222. The van der Waals surface area contributed by atoms with Crippen molar-refractivity contribution in [1.29, 1.82) is 0 Å². The molecule has 2 aromatic carbocycles. The normalized spacial score (nSPS) is 12.0. The molecular weight excluding hydrogens is 340 g/mol. The Balaban J connectivity index is 2.10. The molecule has 0 aliphatic rings. The standard InChI is InChI=1S/C18H18N2O2S2/c1-22-12-11-20-14-8-4-6-10-16(14)24-18(20)19-17(21)13-7-3-5-9-15(13)23-2/h3-10H,11-12H2,1-2H3/b19-18-. The molecule has 0 saturated carbocycles. The highest BCUT2D eigenvalue weighted by Gasteiger charge is 2.11. The van der Waals surface area contributed by atoms with Gasteiger partial charge < -0.3 is 9.30 Å². The number of methoxy groups -OCH3 is 1. The highest BCUT2D eigenvalue weighted by atomic mass is 32.2. The van der Waals surface area contributed by atoms with Gasteiger partial charge in [-0.15, -0.1) is 11.8 Å². The van der Waals surface area contributed by atoms with E-state index in [1.54, 1.807) is 18.9 Å². The van der Waals surface area contributed by atoms with Crippen molar-refractivity contribution in [3.8, 4) is 0 Å². The van der Waals surface area contributed by atoms with Crippen LogP contribution in [0.1, 0.15) is 10.4 Å². The van der Waals surface area contributed by atoms with Gasteiger partial charge in [-0.1, -0.05) is 35.6 Å². The minimum atomic E-state index is -0.210. The molecule has 0 spiro atoms. The molecule has 1 amide bonds. The number of rotatable bonds is 5. The van der Waals surface area contributed by atoms with Crippen molar-refractivity contribution in [2.24, 2.45) is 4.99 Å². The topological polar surface area (TPSA) is 43.6 Å². The van der Waals surface area contributed by atoms with Crippen molar-refractivity contribution in [3.63, 3.8) is 0 Å². The molecule has 3 aromatic rings. The van der Waals surface area contributed by atoms with Crippen molar-refractivity contribution >= 4 is 39.2 Å². The summed E-state index contributed by atoms with van der Waals surface area (Å²) >= 11 is 3.08. The van der Waals surface area contributed by atoms with Crippen LogP contribution < -0.4 is 4.80 Å². The number of ether oxygens (including phenoxy) is 1. The molecule has 0 fully saturated rings. The first-order chi connectivity index (χ1) is 11.7. The molecule has 124 valence electrons. The highest BCUT2D eigenvalue weighted by molar-refractivity contribution is 7.98. The Morgan fingerprint density at radius 2 is 1.96 bits per heavy atom. The van der Waals surface area contributed by atoms with Gasteiger partial charge in [-0.2, -0.15) is 4.99 Å². The van der Waals surface area contributed by atoms with Crippen LogP contribution in [0.5, 0.6) is 0 Å². The molecule has 4 nitrogen and oxygen atoms in total. The average Bonchev–Trinajstić information content (AvgIpc) is 2.96. The summed E-state index contributed by atoms with van der Waals surface area (Å²) in [5.41, 5.74) is 1.71. The van der Waals surface area contributed by atoms with E-state index in [0.29, 0.717) is 23.5 Å². The largest absolute Gasteiger partial charge is 0.383 e. The second-order valence-corrected chi connectivity index (χ2v) is 6.97. The molecule has 24 heavy (non-hydrogen) atoms. The Bertz CT molecular complexity index is 928. The molecule has 0 aliphatic carbocycles. The first-order valence-electron chi connectivity index (χ1n) is 7.54. The Hall–Kier alpha value is -1.89. The number of hydrogen-bond acceptors (Lipinski definition) is 4. The number of hydrogen-bond donors (Lipinski definition) is 0. The zero-order valence-corrected chi connectivity index (χ0v) is 15.2. The summed E-state index contributed by atoms with van der Waals surface area (Å²) in [6.45, 7) is 1.24. The highest BCUT2D eigenvalue weighted by Crippen LogP contribution is 2.21. The summed E-state index contributed by atoms with van der Waals surface area (Å²) in [6, 6.07) is 15.6. The second-order valence-electron chi connectivity index (χ2n) is 5.11. The van der Waals surface area contributed by atoms with Crippen LogP contribution in [0.4, 0.5) is 0 Å². The first-order valence-corrected chi connectivity index (χ1v) is 9.58. The molecule has 1 heterocycles. The van der Waals surface area contributed by atoms with Crippen molar-refractivity contribution in [2.45, 2.75) is 11.4 Å². The lowest BCUT2D eigenvalue weighted by Crippen LogP contribution is -2.19. The third-order valence-electron chi connectivity index (χ3n) is 3.64. The number of carbonyl (C=O) groups excluding carboxylic acids is 1. The van der Waals surface area contributed by atoms with Gasteiger partial charge in [0.1, 0.15) is 0 Å². The monoisotopic (exact) mass is 358 g/mol. The SMILES string of the molecule is COCCn1/c(=N/C(=O)c2ccccc2SC)sc2ccccc21. The Morgan fingerprint density at radius 1 is 1.21 bits per heavy atom. The number of thiazole rings is 1. The lowest BCUT2D eigenvalue weighted by atomic mass is 10.2. The quantitative estimate of drug-likeness (QED) is 0.652. The van der Waals surface area contributed by atoms with E-state index in [1.165, 1.54) is 11.3 Å². The predicted octanol–water partition coefficient (Wildman–Crippen LogP) is 3.81. The van der Waals surface area contributed by atoms with Crippen molar-refractivity contribution in [2.75, 3.05) is 20.0 Å². The molecule has 1 aromatic heterocycles. The molecule has 0 N–H and O–H groups in total. The Labute approximate surface area is 148 Å². The van der Waals surface area contributed by atoms with E-state index in [4.69, 9.17) is 4.74 Å². The number of aromatic nitrogens is 1. The van der Waals surface area contributed by atoms with Gasteiger partial charge in [-0.3, -0.25) is 4.79 Å². The Kier molecular flexibility index (Phi) is 5.50. The number of para-hydroxylation sites is 1. The zero-order chi connectivity index (χ0) is 16.9. The maximum absolute atomic E-state index is 12.7. The number of nitrogens with zero attached hydrogens (tertiary/aromatic N) is 2. The third kappa shape index (κ3) is 3.45. The van der Waals surface area contributed by atoms with Crippen LogP contribution in [0.3, 0.4) is 0 Å². The van der Waals surface area contributed by atoms with E-state index in [9.17, 15) is 4.79 Å². The molecule has 0 atom stereocenters. The van der Waals surface area contributed by atoms with Crippen molar-refractivity contribution in [3.05, 3.63) is 58.9 Å². The molecule has 6 heteroatoms. The van der Waals surface area contributed by atoms with Crippen LogP contribution in [0, 0.1) is 0 Å². The summed E-state index contributed by atoms with van der Waals surface area (Å²) in [4.78, 5) is 18.7. The van der Waals surface area contributed by atoms with E-state index in [2.05, 4.69) is 4.99 Å². The van der Waals surface area contributed by atoms with Crippen LogP contribution in [0.15, 0.2) is 58.4 Å². The summed E-state index contributed by atoms with van der Waals surface area (Å²) in [5, 5.41) is 0. The fourth-order valence-corrected chi connectivity index (χ4v) is 4.12. The summed E-state index contributed by atoms with van der Waals surface area (Å²) < 4.78 is 8.35. The van der Waals surface area contributed by atoms with Crippen LogP contribution >= 0.6 is 23.1 Å². The van der Waals surface area contributed by atoms with E-state index < -0.39 is 0 Å². The van der Waals surface area contributed by atoms with Gasteiger partial charge in [-0.25, -0.2) is 0 Å². The molecule has 0 bridgehead atoms. The van der Waals surface area contributed by atoms with Crippen LogP contribution in [0.25, 0.3) is 10.2 Å². The van der Waals surface area contributed by atoms with Gasteiger partial charge in [-0.05, 0) is 30.5 Å². The molecule has 0 unspecified atom stereocenters. The molecular formula is C18H18N2O2S2. The maximum Gasteiger partial charge on any atom is 0.280 e. The maximum atomic E-state index is 12.7. The minimum absolute atomic E-state index is 0.210. The van der Waals surface area contributed by atoms with E-state index >= 15 is 0 Å². The average molecular weight is 358 g/mol. The third-order valence-corrected chi connectivity index (χ3v) is 5.50. The summed E-state index contributed by atoms with van der Waals surface area (Å²) in [7, 11) is 1.67. The van der Waals surface area contributed by atoms with Gasteiger partial charge in [0.15, 0.2) is 4.80 Å². The Morgan fingerprint density at radius 3 is 2.75 bits per heavy atom. The van der Waals surface area contributed by atoms with Crippen LogP contribution in [-0.2, 0) is 11.3 Å². The van der Waals surface area contributed by atoms with Gasteiger partial charge in [0, 0.05) is 18.6 Å². The van der Waals surface area contributed by atoms with Crippen molar-refractivity contribution < 1.29 is 9.53 Å². The number of fused-ring (bicyclic) bond motifs is 1. The number of thioether (sulfide) groups is 1. The van der Waals surface area contributed by atoms with E-state index in [0.717, 1.165) is 15.1 Å². The van der Waals surface area contributed by atoms with Gasteiger partial charge in [0.05, 0.1) is 22.4 Å². The summed E-state index contributed by atoms with van der Waals surface area (Å²) in [5.74, 6) is -0.210. The number of amides is 1. The molecule has 0 saturated heterocycles. The minimum Gasteiger partial charge on any atom is -0.383 e. The van der Waals surface area contributed by atoms with E-state index in [-0.39, 0.29) is 5.91 Å². The lowest BCUT2D eigenvalue weighted by molar-refractivity contribution is 0.0994. The van der Waals surface area contributed by atoms with Crippen LogP contribution in [0.2, 0.25) is 0 Å². The fourth-order valence-electron chi connectivity index (χ4n) is 2.47. The van der Waals surface area contributed by atoms with Crippen LogP contribution in [-0.4, -0.2) is 30.4 Å². The lowest BCUT2D eigenvalue weighted by Gasteiger charge is -2.05. The van der Waals surface area contributed by atoms with Gasteiger partial charge in [0.2, 0.25) is 0 Å². The second kappa shape index (κ2) is 7.79. The smallest absolute Gasteiger partial charge is 0.280 e. The number of benzene rings is 2. The molecule has 0 radical (unpaired) electrons. The van der Waals surface area contributed by atoms with Gasteiger partial charge >= 0.3 is 0 Å². The number of carbonyl (C=O) groups is 1. The van der Waals surface area contributed by atoms with Gasteiger partial charge in [0.25, 0.3) is 5.91 Å². The first kappa shape index (κ1) is 17.0. The summed E-state index contributed by atoms with van der Waals surface area (Å²) in [6.07, 6.45) is 1.96. The molecule has 0 aliphatic heterocycles. The molecule has 3 rings (SSSR count). The van der Waals surface area contributed by atoms with Crippen molar-refractivity contribution in [1.82, 2.24) is 4.57 Å². The van der Waals surface area contributed by atoms with E-state index in [1.807, 2.05) is 59.4 Å². The zero-order valence-electron chi connectivity index (χ0n) is 13.6.